The number of hydrogen-bond acceptors (Lipinski definition) is 4. The summed E-state index contributed by atoms with van der Waals surface area (Å²) in [6.45, 7) is 6.33. The number of nitrogens with one attached hydrogen (secondary N) is 1. The molecule has 0 amide bonds. The van der Waals surface area contributed by atoms with Gasteiger partial charge in [-0.15, -0.1) is 11.3 Å². The standard InChI is InChI=1S/C16H17N3S/c1-10(2)19-16-15-14(17-9-18-16)13(8-20-15)12-6-4-11(3)5-7-12/h4-10H,1-3H3,(H,17,18,19). The van der Waals surface area contributed by atoms with Crippen LogP contribution in [0.2, 0.25) is 0 Å². The Kier molecular flexibility index (Phi) is 3.40. The predicted molar refractivity (Wildman–Crippen MR) is 86.3 cm³/mol. The van der Waals surface area contributed by atoms with Crippen molar-refractivity contribution in [2.75, 3.05) is 5.32 Å². The molecule has 0 atom stereocenters. The summed E-state index contributed by atoms with van der Waals surface area (Å²) in [5, 5.41) is 5.54. The molecular weight excluding hydrogens is 266 g/mol. The molecule has 20 heavy (non-hydrogen) atoms. The molecule has 0 saturated heterocycles. The number of aryl methyl sites for hydroxylation is 1. The quantitative estimate of drug-likeness (QED) is 0.769. The molecule has 2 heterocycles. The number of thiophene rings is 1. The Morgan fingerprint density at radius 3 is 2.55 bits per heavy atom. The van der Waals surface area contributed by atoms with E-state index in [2.05, 4.69) is 65.7 Å². The van der Waals surface area contributed by atoms with E-state index in [1.165, 1.54) is 16.7 Å². The average Bonchev–Trinajstić information content (AvgIpc) is 2.84. The normalized spacial score (nSPS) is 11.2. The second-order valence-corrected chi connectivity index (χ2v) is 6.09. The molecule has 0 aliphatic heterocycles. The summed E-state index contributed by atoms with van der Waals surface area (Å²) >= 11 is 1.69. The highest BCUT2D eigenvalue weighted by molar-refractivity contribution is 7.18. The Labute approximate surface area is 122 Å². The molecule has 0 aliphatic rings. The molecule has 3 nitrogen and oxygen atoms in total. The molecule has 0 saturated carbocycles. The fourth-order valence-electron chi connectivity index (χ4n) is 2.17. The lowest BCUT2D eigenvalue weighted by atomic mass is 10.1. The van der Waals surface area contributed by atoms with E-state index >= 15 is 0 Å². The van der Waals surface area contributed by atoms with Gasteiger partial charge in [0.15, 0.2) is 0 Å². The molecule has 1 aromatic carbocycles. The van der Waals surface area contributed by atoms with Gasteiger partial charge in [-0.05, 0) is 26.3 Å². The van der Waals surface area contributed by atoms with Crippen LogP contribution in [0.25, 0.3) is 21.3 Å². The first-order valence-corrected chi connectivity index (χ1v) is 7.59. The Morgan fingerprint density at radius 2 is 1.85 bits per heavy atom. The second kappa shape index (κ2) is 5.21. The van der Waals surface area contributed by atoms with Crippen LogP contribution in [0.5, 0.6) is 0 Å². The van der Waals surface area contributed by atoms with E-state index in [1.54, 1.807) is 17.7 Å². The average molecular weight is 283 g/mol. The fourth-order valence-corrected chi connectivity index (χ4v) is 3.15. The molecule has 0 bridgehead atoms. The molecule has 0 spiro atoms. The van der Waals surface area contributed by atoms with Crippen LogP contribution in [0.1, 0.15) is 19.4 Å². The summed E-state index contributed by atoms with van der Waals surface area (Å²) in [7, 11) is 0. The zero-order valence-electron chi connectivity index (χ0n) is 11.8. The van der Waals surface area contributed by atoms with Gasteiger partial charge in [0.2, 0.25) is 0 Å². The Balaban J connectivity index is 2.12. The Hall–Kier alpha value is -1.94. The molecule has 4 heteroatoms. The van der Waals surface area contributed by atoms with E-state index in [1.807, 2.05) is 0 Å². The fraction of sp³-hybridized carbons (Fsp3) is 0.250. The molecule has 0 unspecified atom stereocenters. The number of anilines is 1. The van der Waals surface area contributed by atoms with Crippen molar-refractivity contribution in [3.05, 3.63) is 41.5 Å². The first-order valence-electron chi connectivity index (χ1n) is 6.71. The topological polar surface area (TPSA) is 37.8 Å². The minimum Gasteiger partial charge on any atom is -0.367 e. The third-order valence-electron chi connectivity index (χ3n) is 3.14. The summed E-state index contributed by atoms with van der Waals surface area (Å²) in [6.07, 6.45) is 1.64. The predicted octanol–water partition coefficient (Wildman–Crippen LogP) is 4.49. The maximum atomic E-state index is 4.47. The van der Waals surface area contributed by atoms with E-state index in [4.69, 9.17) is 0 Å². The van der Waals surface area contributed by atoms with Crippen LogP contribution in [0.3, 0.4) is 0 Å². The molecule has 2 aromatic heterocycles. The molecule has 3 aromatic rings. The maximum Gasteiger partial charge on any atom is 0.147 e. The minimum atomic E-state index is 0.359. The Morgan fingerprint density at radius 1 is 1.10 bits per heavy atom. The smallest absolute Gasteiger partial charge is 0.147 e. The highest BCUT2D eigenvalue weighted by Crippen LogP contribution is 2.35. The number of nitrogens with zero attached hydrogens (tertiary/aromatic N) is 2. The van der Waals surface area contributed by atoms with Crippen LogP contribution in [-0.4, -0.2) is 16.0 Å². The number of fused-ring (bicyclic) bond motifs is 1. The molecule has 1 N–H and O–H groups in total. The number of benzene rings is 1. The minimum absolute atomic E-state index is 0.359. The van der Waals surface area contributed by atoms with Crippen molar-refractivity contribution < 1.29 is 0 Å². The first kappa shape index (κ1) is 13.1. The van der Waals surface area contributed by atoms with Crippen molar-refractivity contribution in [2.45, 2.75) is 26.8 Å². The van der Waals surface area contributed by atoms with Gasteiger partial charge in [-0.3, -0.25) is 0 Å². The van der Waals surface area contributed by atoms with Crippen LogP contribution < -0.4 is 5.32 Å². The highest BCUT2D eigenvalue weighted by atomic mass is 32.1. The molecular formula is C16H17N3S. The third kappa shape index (κ3) is 2.39. The van der Waals surface area contributed by atoms with E-state index in [0.29, 0.717) is 6.04 Å². The number of hydrogen-bond donors (Lipinski definition) is 1. The van der Waals surface area contributed by atoms with Crippen molar-refractivity contribution in [1.82, 2.24) is 9.97 Å². The van der Waals surface area contributed by atoms with Gasteiger partial charge in [0.05, 0.1) is 10.2 Å². The summed E-state index contributed by atoms with van der Waals surface area (Å²) < 4.78 is 1.12. The molecule has 0 aliphatic carbocycles. The van der Waals surface area contributed by atoms with Gasteiger partial charge in [0.1, 0.15) is 12.1 Å². The summed E-state index contributed by atoms with van der Waals surface area (Å²) in [4.78, 5) is 8.82. The summed E-state index contributed by atoms with van der Waals surface area (Å²) in [5.41, 5.74) is 4.68. The molecule has 102 valence electrons. The van der Waals surface area contributed by atoms with Gasteiger partial charge in [0.25, 0.3) is 0 Å². The second-order valence-electron chi connectivity index (χ2n) is 5.21. The number of aromatic nitrogens is 2. The first-order chi connectivity index (χ1) is 9.65. The lowest BCUT2D eigenvalue weighted by Gasteiger charge is -2.09. The van der Waals surface area contributed by atoms with Crippen molar-refractivity contribution in [2.24, 2.45) is 0 Å². The van der Waals surface area contributed by atoms with Crippen molar-refractivity contribution in [3.63, 3.8) is 0 Å². The van der Waals surface area contributed by atoms with Crippen LogP contribution >= 0.6 is 11.3 Å². The van der Waals surface area contributed by atoms with Gasteiger partial charge < -0.3 is 5.32 Å². The Bertz CT molecular complexity index is 729. The maximum absolute atomic E-state index is 4.47. The monoisotopic (exact) mass is 283 g/mol. The van der Waals surface area contributed by atoms with Gasteiger partial charge >= 0.3 is 0 Å². The van der Waals surface area contributed by atoms with Gasteiger partial charge in [-0.25, -0.2) is 9.97 Å². The van der Waals surface area contributed by atoms with Crippen LogP contribution in [0.15, 0.2) is 36.0 Å². The van der Waals surface area contributed by atoms with Crippen LogP contribution in [0, 0.1) is 6.92 Å². The van der Waals surface area contributed by atoms with Crippen molar-refractivity contribution in [3.8, 4) is 11.1 Å². The summed E-state index contributed by atoms with van der Waals surface area (Å²) in [6, 6.07) is 8.92. The third-order valence-corrected chi connectivity index (χ3v) is 4.12. The van der Waals surface area contributed by atoms with E-state index in [-0.39, 0.29) is 0 Å². The molecule has 0 fully saturated rings. The van der Waals surface area contributed by atoms with E-state index < -0.39 is 0 Å². The van der Waals surface area contributed by atoms with E-state index in [9.17, 15) is 0 Å². The highest BCUT2D eigenvalue weighted by Gasteiger charge is 2.12. The van der Waals surface area contributed by atoms with Crippen molar-refractivity contribution >= 4 is 27.4 Å². The zero-order valence-corrected chi connectivity index (χ0v) is 12.7. The van der Waals surface area contributed by atoms with Gasteiger partial charge in [-0.1, -0.05) is 29.8 Å². The lowest BCUT2D eigenvalue weighted by molar-refractivity contribution is 0.891. The summed E-state index contributed by atoms with van der Waals surface area (Å²) in [5.74, 6) is 0.924. The SMILES string of the molecule is Cc1ccc(-c2csc3c(NC(C)C)ncnc23)cc1. The van der Waals surface area contributed by atoms with Crippen LogP contribution in [-0.2, 0) is 0 Å². The van der Waals surface area contributed by atoms with E-state index in [0.717, 1.165) is 16.0 Å². The van der Waals surface area contributed by atoms with Crippen LogP contribution in [0.4, 0.5) is 5.82 Å². The molecule has 0 radical (unpaired) electrons. The molecule has 3 rings (SSSR count). The van der Waals surface area contributed by atoms with Gasteiger partial charge in [0, 0.05) is 17.0 Å². The zero-order chi connectivity index (χ0) is 14.1. The lowest BCUT2D eigenvalue weighted by Crippen LogP contribution is -2.11. The largest absolute Gasteiger partial charge is 0.367 e. The number of rotatable bonds is 3. The van der Waals surface area contributed by atoms with Gasteiger partial charge in [-0.2, -0.15) is 0 Å². The van der Waals surface area contributed by atoms with Crippen molar-refractivity contribution in [1.29, 1.82) is 0 Å².